The van der Waals surface area contributed by atoms with Crippen LogP contribution in [0, 0.1) is 6.92 Å². The quantitative estimate of drug-likeness (QED) is 0.659. The van der Waals surface area contributed by atoms with Crippen molar-refractivity contribution in [3.8, 4) is 10.4 Å². The Morgan fingerprint density at radius 3 is 2.80 bits per heavy atom. The van der Waals surface area contributed by atoms with Gasteiger partial charge in [-0.15, -0.1) is 11.3 Å². The van der Waals surface area contributed by atoms with Gasteiger partial charge in [0.25, 0.3) is 0 Å². The van der Waals surface area contributed by atoms with Crippen molar-refractivity contribution in [3.05, 3.63) is 44.2 Å². The lowest BCUT2D eigenvalue weighted by Crippen LogP contribution is -2.18. The summed E-state index contributed by atoms with van der Waals surface area (Å²) in [6.07, 6.45) is 1.15. The SMILES string of the molecule is CCCNC(C)c1ccc(-c2cc(Cl)c(C)cc2Br)s1. The molecule has 20 heavy (non-hydrogen) atoms. The molecule has 1 unspecified atom stereocenters. The zero-order valence-corrected chi connectivity index (χ0v) is 15.1. The average Bonchev–Trinajstić information content (AvgIpc) is 2.89. The van der Waals surface area contributed by atoms with Crippen LogP contribution >= 0.6 is 38.9 Å². The summed E-state index contributed by atoms with van der Waals surface area (Å²) in [5.41, 5.74) is 2.26. The second kappa shape index (κ2) is 7.08. The van der Waals surface area contributed by atoms with Gasteiger partial charge in [-0.1, -0.05) is 34.5 Å². The van der Waals surface area contributed by atoms with E-state index in [9.17, 15) is 0 Å². The number of thiophene rings is 1. The van der Waals surface area contributed by atoms with Gasteiger partial charge in [0.15, 0.2) is 0 Å². The predicted molar refractivity (Wildman–Crippen MR) is 93.9 cm³/mol. The molecule has 0 fully saturated rings. The molecule has 0 amide bonds. The van der Waals surface area contributed by atoms with E-state index in [1.165, 1.54) is 15.3 Å². The van der Waals surface area contributed by atoms with E-state index < -0.39 is 0 Å². The zero-order valence-electron chi connectivity index (χ0n) is 12.0. The molecule has 1 heterocycles. The zero-order chi connectivity index (χ0) is 14.7. The highest BCUT2D eigenvalue weighted by molar-refractivity contribution is 9.10. The molecular weight excluding hydrogens is 354 g/mol. The summed E-state index contributed by atoms with van der Waals surface area (Å²) in [6.45, 7) is 7.47. The van der Waals surface area contributed by atoms with Crippen molar-refractivity contribution in [2.45, 2.75) is 33.2 Å². The molecule has 0 radical (unpaired) electrons. The van der Waals surface area contributed by atoms with E-state index in [0.717, 1.165) is 28.0 Å². The maximum absolute atomic E-state index is 6.25. The fourth-order valence-corrected chi connectivity index (χ4v) is 4.06. The molecule has 2 rings (SSSR count). The Bertz CT molecular complexity index is 594. The third-order valence-corrected chi connectivity index (χ3v) is 5.63. The minimum Gasteiger partial charge on any atom is -0.309 e. The Labute approximate surface area is 138 Å². The van der Waals surface area contributed by atoms with Crippen LogP contribution in [0.15, 0.2) is 28.7 Å². The van der Waals surface area contributed by atoms with Crippen LogP contribution in [0.2, 0.25) is 5.02 Å². The largest absolute Gasteiger partial charge is 0.309 e. The molecule has 1 N–H and O–H groups in total. The van der Waals surface area contributed by atoms with Crippen LogP contribution in [-0.2, 0) is 0 Å². The van der Waals surface area contributed by atoms with Crippen LogP contribution < -0.4 is 5.32 Å². The van der Waals surface area contributed by atoms with Gasteiger partial charge < -0.3 is 5.32 Å². The minimum atomic E-state index is 0.397. The summed E-state index contributed by atoms with van der Waals surface area (Å²) in [6, 6.07) is 8.90. The van der Waals surface area contributed by atoms with Crippen molar-refractivity contribution in [1.29, 1.82) is 0 Å². The number of nitrogens with one attached hydrogen (secondary N) is 1. The fraction of sp³-hybridized carbons (Fsp3) is 0.375. The van der Waals surface area contributed by atoms with Crippen molar-refractivity contribution in [3.63, 3.8) is 0 Å². The molecule has 1 nitrogen and oxygen atoms in total. The van der Waals surface area contributed by atoms with E-state index in [4.69, 9.17) is 11.6 Å². The highest BCUT2D eigenvalue weighted by atomic mass is 79.9. The number of hydrogen-bond acceptors (Lipinski definition) is 2. The monoisotopic (exact) mass is 371 g/mol. The highest BCUT2D eigenvalue weighted by Crippen LogP contribution is 2.38. The molecule has 108 valence electrons. The number of aryl methyl sites for hydroxylation is 1. The molecule has 0 aliphatic heterocycles. The highest BCUT2D eigenvalue weighted by Gasteiger charge is 2.12. The second-order valence-electron chi connectivity index (χ2n) is 4.96. The van der Waals surface area contributed by atoms with Crippen LogP contribution in [0.4, 0.5) is 0 Å². The Balaban J connectivity index is 2.27. The van der Waals surface area contributed by atoms with Gasteiger partial charge in [-0.25, -0.2) is 0 Å². The van der Waals surface area contributed by atoms with Crippen LogP contribution in [0.3, 0.4) is 0 Å². The molecule has 0 spiro atoms. The van der Waals surface area contributed by atoms with Gasteiger partial charge in [0.05, 0.1) is 0 Å². The molecule has 4 heteroatoms. The average molecular weight is 373 g/mol. The molecule has 0 bridgehead atoms. The van der Waals surface area contributed by atoms with Gasteiger partial charge in [0, 0.05) is 30.9 Å². The number of hydrogen-bond donors (Lipinski definition) is 1. The number of benzene rings is 1. The summed E-state index contributed by atoms with van der Waals surface area (Å²) in [4.78, 5) is 2.61. The molecule has 0 saturated heterocycles. The normalized spacial score (nSPS) is 12.7. The van der Waals surface area contributed by atoms with Gasteiger partial charge in [-0.2, -0.15) is 0 Å². The summed E-state index contributed by atoms with van der Waals surface area (Å²) in [5.74, 6) is 0. The Morgan fingerprint density at radius 2 is 2.10 bits per heavy atom. The number of rotatable bonds is 5. The van der Waals surface area contributed by atoms with Crippen molar-refractivity contribution in [2.75, 3.05) is 6.54 Å². The van der Waals surface area contributed by atoms with Crippen molar-refractivity contribution in [1.82, 2.24) is 5.32 Å². The summed E-state index contributed by atoms with van der Waals surface area (Å²) >= 11 is 11.7. The van der Waals surface area contributed by atoms with E-state index in [0.29, 0.717) is 6.04 Å². The van der Waals surface area contributed by atoms with Crippen LogP contribution in [0.1, 0.15) is 36.8 Å². The first-order valence-electron chi connectivity index (χ1n) is 6.82. The summed E-state index contributed by atoms with van der Waals surface area (Å²) < 4.78 is 1.10. The van der Waals surface area contributed by atoms with E-state index in [-0.39, 0.29) is 0 Å². The molecule has 0 saturated carbocycles. The van der Waals surface area contributed by atoms with Crippen molar-refractivity contribution < 1.29 is 0 Å². The predicted octanol–water partition coefficient (Wildman–Crippen LogP) is 6.20. The van der Waals surface area contributed by atoms with Crippen LogP contribution in [-0.4, -0.2) is 6.54 Å². The Morgan fingerprint density at radius 1 is 1.35 bits per heavy atom. The second-order valence-corrected chi connectivity index (χ2v) is 7.34. The first-order chi connectivity index (χ1) is 9.52. The van der Waals surface area contributed by atoms with E-state index in [2.05, 4.69) is 53.3 Å². The molecule has 1 aromatic heterocycles. The maximum Gasteiger partial charge on any atom is 0.0442 e. The molecular formula is C16H19BrClNS. The summed E-state index contributed by atoms with van der Waals surface area (Å²) in [7, 11) is 0. The van der Waals surface area contributed by atoms with E-state index in [1.54, 1.807) is 0 Å². The third-order valence-electron chi connectivity index (χ3n) is 3.27. The van der Waals surface area contributed by atoms with Gasteiger partial charge in [0.2, 0.25) is 0 Å². The van der Waals surface area contributed by atoms with Gasteiger partial charge in [-0.05, 0) is 56.6 Å². The van der Waals surface area contributed by atoms with Gasteiger partial charge in [-0.3, -0.25) is 0 Å². The third kappa shape index (κ3) is 3.64. The number of halogens is 2. The molecule has 1 aromatic carbocycles. The molecule has 0 aliphatic rings. The van der Waals surface area contributed by atoms with Crippen molar-refractivity contribution in [2.24, 2.45) is 0 Å². The Kier molecular flexibility index (Phi) is 5.67. The van der Waals surface area contributed by atoms with Crippen molar-refractivity contribution >= 4 is 38.9 Å². The molecule has 1 atom stereocenters. The first kappa shape index (κ1) is 16.0. The standard InChI is InChI=1S/C16H19BrClNS/c1-4-7-19-11(3)15-5-6-16(20-15)12-9-14(18)10(2)8-13(12)17/h5-6,8-9,11,19H,4,7H2,1-3H3. The van der Waals surface area contributed by atoms with Gasteiger partial charge in [0.1, 0.15) is 0 Å². The lowest BCUT2D eigenvalue weighted by Gasteiger charge is -2.10. The molecule has 0 aliphatic carbocycles. The first-order valence-corrected chi connectivity index (χ1v) is 8.80. The lowest BCUT2D eigenvalue weighted by molar-refractivity contribution is 0.578. The minimum absolute atomic E-state index is 0.397. The lowest BCUT2D eigenvalue weighted by atomic mass is 10.1. The molecule has 2 aromatic rings. The topological polar surface area (TPSA) is 12.0 Å². The summed E-state index contributed by atoms with van der Waals surface area (Å²) in [5, 5.41) is 4.34. The van der Waals surface area contributed by atoms with E-state index in [1.807, 2.05) is 24.3 Å². The van der Waals surface area contributed by atoms with Crippen LogP contribution in [0.25, 0.3) is 10.4 Å². The van der Waals surface area contributed by atoms with Crippen LogP contribution in [0.5, 0.6) is 0 Å². The maximum atomic E-state index is 6.25. The smallest absolute Gasteiger partial charge is 0.0442 e. The Hall–Kier alpha value is -0.350. The van der Waals surface area contributed by atoms with Gasteiger partial charge >= 0.3 is 0 Å². The fourth-order valence-electron chi connectivity index (χ4n) is 2.03. The van der Waals surface area contributed by atoms with E-state index >= 15 is 0 Å².